The third kappa shape index (κ3) is 17.4. The Labute approximate surface area is 500 Å². The number of sulfonamides is 1. The Hall–Kier alpha value is -6.32. The lowest BCUT2D eigenvalue weighted by Crippen LogP contribution is -2.76. The highest BCUT2D eigenvalue weighted by atomic mass is 32.2. The summed E-state index contributed by atoms with van der Waals surface area (Å²) in [4.78, 5) is 51.6. The van der Waals surface area contributed by atoms with Gasteiger partial charge in [0.2, 0.25) is 33.4 Å². The molecule has 5 aliphatic heterocycles. The first kappa shape index (κ1) is 66.8. The quantitative estimate of drug-likeness (QED) is 0.0216. The number of ether oxygens (including phenoxy) is 3. The van der Waals surface area contributed by atoms with Crippen LogP contribution < -0.4 is 26.6 Å². The fourth-order valence-corrected chi connectivity index (χ4v) is 13.2. The molecule has 0 saturated carbocycles. The average molecular weight is 1180 g/mol. The van der Waals surface area contributed by atoms with Crippen molar-refractivity contribution in [3.63, 3.8) is 0 Å². The topological polar surface area (TPSA) is 202 Å². The maximum absolute atomic E-state index is 13.9. The number of hydrogen-bond acceptors (Lipinski definition) is 10. The highest BCUT2D eigenvalue weighted by Crippen LogP contribution is 2.49. The van der Waals surface area contributed by atoms with Gasteiger partial charge in [-0.05, 0) is 74.2 Å². The van der Waals surface area contributed by atoms with E-state index >= 15 is 0 Å². The molecule has 0 unspecified atom stereocenters. The van der Waals surface area contributed by atoms with Crippen LogP contribution >= 0.6 is 0 Å². The molecule has 19 heteroatoms. The van der Waals surface area contributed by atoms with E-state index in [4.69, 9.17) is 19.9 Å². The molecule has 4 amide bonds. The zero-order chi connectivity index (χ0) is 59.7. The van der Waals surface area contributed by atoms with Gasteiger partial charge in [0.15, 0.2) is 12.3 Å². The molecule has 3 aromatic carbocycles. The molecule has 0 aliphatic carbocycles. The Morgan fingerprint density at radius 1 is 0.738 bits per heavy atom. The number of carbonyl (C=O) groups excluding carboxylic acids is 4. The molecule has 5 N–H and O–H groups in total. The van der Waals surface area contributed by atoms with Crippen LogP contribution in [0.2, 0.25) is 0 Å². The van der Waals surface area contributed by atoms with Crippen LogP contribution in [0.1, 0.15) is 90.8 Å². The number of para-hydroxylation sites is 1. The molecule has 5 heterocycles. The van der Waals surface area contributed by atoms with Gasteiger partial charge >= 0.3 is 0 Å². The first-order chi connectivity index (χ1) is 39.7. The standard InChI is InChI=1S/C64H89N9O9S.CH4/c1-8-9-33-71-56-28-27-52(47-54(56)64(4,5)58(71)21-14-12-10-11-13-20-57-63(2,3)53-18-15-16-19-55(53)70(57)7)83(78,79)69(6)32-17-22-60(75)66-31-42-81-44-46-82-45-43-80-41-30-61(76)67-48-62(77)68-51-25-23-50(24-26-51)29-34-72-35-38-73(39-36-72,40-37-72)49-59(65)74;/h10-16,18-21,23-28,47H,8-9,17,22,29-46,48-49H2,1-7H3,(H2-3,65,66,67,68,74,75,76,77);1H4/p+3. The van der Waals surface area contributed by atoms with E-state index in [9.17, 15) is 27.6 Å². The van der Waals surface area contributed by atoms with Crippen LogP contribution in [0.5, 0.6) is 0 Å². The lowest BCUT2D eigenvalue weighted by molar-refractivity contribution is -1.08. The lowest BCUT2D eigenvalue weighted by atomic mass is 9.81. The molecule has 18 nitrogen and oxygen atoms in total. The van der Waals surface area contributed by atoms with Crippen LogP contribution in [0.25, 0.3) is 0 Å². The fourth-order valence-electron chi connectivity index (χ4n) is 11.9. The molecule has 3 aromatic rings. The second-order valence-electron chi connectivity index (χ2n) is 23.6. The summed E-state index contributed by atoms with van der Waals surface area (Å²) in [5, 5.41) is 8.30. The van der Waals surface area contributed by atoms with E-state index in [1.165, 1.54) is 26.8 Å². The number of unbranched alkanes of at least 4 members (excludes halogenated alkanes) is 1. The van der Waals surface area contributed by atoms with E-state index < -0.39 is 15.4 Å². The minimum absolute atomic E-state index is 0. The number of piperazine rings is 3. The summed E-state index contributed by atoms with van der Waals surface area (Å²) in [6, 6.07) is 21.8. The van der Waals surface area contributed by atoms with Crippen molar-refractivity contribution in [1.82, 2.24) is 14.9 Å². The molecular formula is C65H96N9O9S+3. The van der Waals surface area contributed by atoms with E-state index in [1.54, 1.807) is 13.1 Å². The molecule has 0 atom stereocenters. The average Bonchev–Trinajstić information content (AvgIpc) is 2.09. The second kappa shape index (κ2) is 30.7. The zero-order valence-corrected chi connectivity index (χ0v) is 51.1. The number of primary amides is 1. The first-order valence-corrected chi connectivity index (χ1v) is 31.1. The summed E-state index contributed by atoms with van der Waals surface area (Å²) in [6.07, 6.45) is 18.2. The van der Waals surface area contributed by atoms with Crippen LogP contribution in [0.3, 0.4) is 0 Å². The lowest BCUT2D eigenvalue weighted by Gasteiger charge is -2.55. The van der Waals surface area contributed by atoms with Crippen LogP contribution in [0.4, 0.5) is 17.1 Å². The minimum atomic E-state index is -3.83. The van der Waals surface area contributed by atoms with E-state index in [2.05, 4.69) is 116 Å². The number of benzene rings is 3. The molecule has 458 valence electrons. The largest absolute Gasteiger partial charge is 0.379 e. The van der Waals surface area contributed by atoms with Crippen molar-refractivity contribution in [2.75, 3.05) is 142 Å². The van der Waals surface area contributed by atoms with E-state index in [0.717, 1.165) is 97.5 Å². The Kier molecular flexibility index (Phi) is 24.4. The molecule has 2 bridgehead atoms. The summed E-state index contributed by atoms with van der Waals surface area (Å²) in [5.41, 5.74) is 13.8. The highest BCUT2D eigenvalue weighted by molar-refractivity contribution is 7.89. The predicted molar refractivity (Wildman–Crippen MR) is 334 cm³/mol. The number of hydrogen-bond donors (Lipinski definition) is 4. The van der Waals surface area contributed by atoms with Gasteiger partial charge in [-0.25, -0.2) is 12.7 Å². The molecule has 3 saturated heterocycles. The smallest absolute Gasteiger partial charge is 0.272 e. The van der Waals surface area contributed by atoms with Gasteiger partial charge in [0.25, 0.3) is 5.91 Å². The van der Waals surface area contributed by atoms with Gasteiger partial charge in [-0.1, -0.05) is 95.3 Å². The van der Waals surface area contributed by atoms with Gasteiger partial charge in [0.05, 0.1) is 63.0 Å². The summed E-state index contributed by atoms with van der Waals surface area (Å²) in [5.74, 6) is -1.00. The SMILES string of the molecule is C.CCCCN1C(=CC=CC=CC=CC2=[N+](C)c3ccccc3C2(C)C)C(C)(C)c2cc(S(=O)(=O)N(C)CCCC(=O)NCCOCCOCCOCCC(=O)NCC(=O)Nc3ccc(CC[N+]45CC[N+](CC(N)=O)(CC4)CC5)cc3)ccc21. The zero-order valence-electron chi connectivity index (χ0n) is 50.3. The Balaban J connectivity index is 0.0000113. The van der Waals surface area contributed by atoms with Crippen molar-refractivity contribution >= 4 is 56.4 Å². The van der Waals surface area contributed by atoms with E-state index in [1.807, 2.05) is 54.6 Å². The van der Waals surface area contributed by atoms with Gasteiger partial charge in [0.1, 0.15) is 46.3 Å². The number of carbonyl (C=O) groups is 4. The molecule has 0 spiro atoms. The Bertz CT molecular complexity index is 3000. The number of allylic oxidation sites excluding steroid dienone is 8. The molecule has 0 radical (unpaired) electrons. The van der Waals surface area contributed by atoms with Crippen LogP contribution in [0, 0.1) is 0 Å². The predicted octanol–water partition coefficient (Wildman–Crippen LogP) is 6.88. The van der Waals surface area contributed by atoms with Crippen LogP contribution in [0.15, 0.2) is 120 Å². The highest BCUT2D eigenvalue weighted by Gasteiger charge is 2.49. The van der Waals surface area contributed by atoms with Crippen molar-refractivity contribution < 1.29 is 55.3 Å². The van der Waals surface area contributed by atoms with Crippen LogP contribution in [-0.4, -0.2) is 188 Å². The van der Waals surface area contributed by atoms with Gasteiger partial charge in [-0.2, -0.15) is 4.58 Å². The van der Waals surface area contributed by atoms with E-state index in [-0.39, 0.29) is 73.9 Å². The molecule has 5 aliphatic rings. The summed E-state index contributed by atoms with van der Waals surface area (Å²) in [6.45, 7) is 21.6. The van der Waals surface area contributed by atoms with Crippen LogP contribution in [-0.2, 0) is 60.7 Å². The number of nitrogens with two attached hydrogens (primary N) is 1. The van der Waals surface area contributed by atoms with Crippen molar-refractivity contribution in [1.29, 1.82) is 0 Å². The molecular weight excluding hydrogens is 1080 g/mol. The minimum Gasteiger partial charge on any atom is -0.379 e. The Morgan fingerprint density at radius 2 is 1.37 bits per heavy atom. The number of amides is 4. The molecule has 8 rings (SSSR count). The molecule has 3 fully saturated rings. The normalized spacial score (nSPS) is 20.0. The van der Waals surface area contributed by atoms with Gasteiger partial charge in [-0.3, -0.25) is 19.2 Å². The van der Waals surface area contributed by atoms with Gasteiger partial charge < -0.3 is 49.8 Å². The van der Waals surface area contributed by atoms with E-state index in [0.29, 0.717) is 58.2 Å². The number of fused-ring (bicyclic) bond motifs is 5. The maximum Gasteiger partial charge on any atom is 0.272 e. The van der Waals surface area contributed by atoms with Crippen molar-refractivity contribution in [2.45, 2.75) is 96.3 Å². The maximum atomic E-state index is 13.9. The third-order valence-corrected chi connectivity index (χ3v) is 18.9. The number of nitrogens with zero attached hydrogens (tertiary/aromatic N) is 5. The fraction of sp³-hybridized carbons (Fsp3) is 0.523. The Morgan fingerprint density at radius 3 is 2.05 bits per heavy atom. The molecule has 84 heavy (non-hydrogen) atoms. The summed E-state index contributed by atoms with van der Waals surface area (Å²) < 4.78 is 50.0. The number of quaternary nitrogens is 2. The van der Waals surface area contributed by atoms with Crippen molar-refractivity contribution in [3.05, 3.63) is 132 Å². The van der Waals surface area contributed by atoms with Crippen molar-refractivity contribution in [2.24, 2.45) is 5.73 Å². The van der Waals surface area contributed by atoms with Gasteiger partial charge in [-0.15, -0.1) is 0 Å². The van der Waals surface area contributed by atoms with Gasteiger partial charge in [0, 0.05) is 86.1 Å². The number of nitrogens with one attached hydrogen (secondary N) is 3. The summed E-state index contributed by atoms with van der Waals surface area (Å²) in [7, 11) is -0.155. The van der Waals surface area contributed by atoms with Crippen molar-refractivity contribution in [3.8, 4) is 0 Å². The summed E-state index contributed by atoms with van der Waals surface area (Å²) >= 11 is 0. The molecule has 0 aromatic heterocycles. The number of anilines is 2. The third-order valence-electron chi connectivity index (χ3n) is 17.1. The first-order valence-electron chi connectivity index (χ1n) is 29.7. The monoisotopic (exact) mass is 1180 g/mol. The number of rotatable bonds is 33. The second-order valence-corrected chi connectivity index (χ2v) is 25.6.